The van der Waals surface area contributed by atoms with Gasteiger partial charge in [-0.1, -0.05) is 6.07 Å². The highest BCUT2D eigenvalue weighted by Crippen LogP contribution is 2.26. The van der Waals surface area contributed by atoms with E-state index in [2.05, 4.69) is 0 Å². The Labute approximate surface area is 92.7 Å². The molecule has 84 valence electrons. The summed E-state index contributed by atoms with van der Waals surface area (Å²) in [5.74, 6) is -1.01. The third-order valence-electron chi connectivity index (χ3n) is 2.26. The molecule has 0 fully saturated rings. The molecule has 0 saturated carbocycles. The summed E-state index contributed by atoms with van der Waals surface area (Å²) in [6.07, 6.45) is -0.334. The van der Waals surface area contributed by atoms with Crippen LogP contribution in [0.1, 0.15) is 30.1 Å². The summed E-state index contributed by atoms with van der Waals surface area (Å²) in [5, 5.41) is 9.60. The second kappa shape index (κ2) is 5.42. The minimum atomic E-state index is -1.12. The lowest BCUT2D eigenvalue weighted by atomic mass is 10.0. The molecule has 0 spiro atoms. The predicted octanol–water partition coefficient (Wildman–Crippen LogP) is 3.33. The molecule has 0 aliphatic rings. The van der Waals surface area contributed by atoms with E-state index in [1.807, 2.05) is 0 Å². The van der Waals surface area contributed by atoms with Crippen LogP contribution >= 0.6 is 11.6 Å². The average Bonchev–Trinajstić information content (AvgIpc) is 2.21. The maximum atomic E-state index is 13.5. The summed E-state index contributed by atoms with van der Waals surface area (Å²) in [4.78, 5) is 0. The van der Waals surface area contributed by atoms with Gasteiger partial charge in [0.05, 0.1) is 11.7 Å². The van der Waals surface area contributed by atoms with E-state index < -0.39 is 17.7 Å². The number of hydrogen-bond donors (Lipinski definition) is 1. The lowest BCUT2D eigenvalue weighted by Gasteiger charge is -2.13. The third kappa shape index (κ3) is 2.89. The number of benzene rings is 1. The molecule has 1 atom stereocenters. The first kappa shape index (κ1) is 12.4. The molecule has 0 aromatic heterocycles. The highest BCUT2D eigenvalue weighted by atomic mass is 35.5. The second-order valence-electron chi connectivity index (χ2n) is 3.44. The fourth-order valence-corrected chi connectivity index (χ4v) is 1.55. The molecule has 1 N–H and O–H groups in total. The SMILES string of the molecule is Cc1ccc(F)c(C(O)CCCCl)c1F. The molecule has 1 aromatic rings. The van der Waals surface area contributed by atoms with E-state index in [1.165, 1.54) is 13.0 Å². The largest absolute Gasteiger partial charge is 0.388 e. The van der Waals surface area contributed by atoms with Crippen LogP contribution < -0.4 is 0 Å². The monoisotopic (exact) mass is 234 g/mol. The van der Waals surface area contributed by atoms with E-state index in [1.54, 1.807) is 0 Å². The zero-order chi connectivity index (χ0) is 11.4. The molecule has 1 aromatic carbocycles. The van der Waals surface area contributed by atoms with Crippen LogP contribution in [0.5, 0.6) is 0 Å². The van der Waals surface area contributed by atoms with Crippen molar-refractivity contribution in [2.75, 3.05) is 5.88 Å². The van der Waals surface area contributed by atoms with Crippen LogP contribution in [-0.2, 0) is 0 Å². The van der Waals surface area contributed by atoms with Crippen molar-refractivity contribution >= 4 is 11.6 Å². The molecule has 1 rings (SSSR count). The summed E-state index contributed by atoms with van der Waals surface area (Å²) in [6.45, 7) is 1.53. The average molecular weight is 235 g/mol. The van der Waals surface area contributed by atoms with Crippen LogP contribution in [0.4, 0.5) is 8.78 Å². The van der Waals surface area contributed by atoms with Crippen LogP contribution in [0.25, 0.3) is 0 Å². The fraction of sp³-hybridized carbons (Fsp3) is 0.455. The number of aryl methyl sites for hydroxylation is 1. The smallest absolute Gasteiger partial charge is 0.134 e. The van der Waals surface area contributed by atoms with Crippen molar-refractivity contribution in [3.8, 4) is 0 Å². The molecular weight excluding hydrogens is 222 g/mol. The highest BCUT2D eigenvalue weighted by molar-refractivity contribution is 6.17. The van der Waals surface area contributed by atoms with Gasteiger partial charge in [0, 0.05) is 5.88 Å². The van der Waals surface area contributed by atoms with Crippen LogP contribution in [0.15, 0.2) is 12.1 Å². The van der Waals surface area contributed by atoms with Gasteiger partial charge in [0.2, 0.25) is 0 Å². The first-order valence-corrected chi connectivity index (χ1v) is 5.30. The first-order valence-electron chi connectivity index (χ1n) is 4.76. The molecule has 0 amide bonds. The summed E-state index contributed by atoms with van der Waals surface area (Å²) in [5.41, 5.74) is 0.0800. The Bertz CT molecular complexity index is 342. The standard InChI is InChI=1S/C11H13ClF2O/c1-7-4-5-8(13)10(11(7)14)9(15)3-2-6-12/h4-5,9,15H,2-3,6H2,1H3. The predicted molar refractivity (Wildman–Crippen MR) is 56.0 cm³/mol. The van der Waals surface area contributed by atoms with Crippen LogP contribution in [0.3, 0.4) is 0 Å². The van der Waals surface area contributed by atoms with Gasteiger partial charge in [0.15, 0.2) is 0 Å². The molecule has 0 radical (unpaired) electrons. The van der Waals surface area contributed by atoms with Crippen LogP contribution in [-0.4, -0.2) is 11.0 Å². The second-order valence-corrected chi connectivity index (χ2v) is 3.82. The van der Waals surface area contributed by atoms with E-state index in [0.717, 1.165) is 6.07 Å². The van der Waals surface area contributed by atoms with Crippen molar-refractivity contribution in [1.29, 1.82) is 0 Å². The van der Waals surface area contributed by atoms with Crippen molar-refractivity contribution in [2.45, 2.75) is 25.9 Å². The van der Waals surface area contributed by atoms with Crippen molar-refractivity contribution in [3.63, 3.8) is 0 Å². The quantitative estimate of drug-likeness (QED) is 0.793. The Hall–Kier alpha value is -0.670. The van der Waals surface area contributed by atoms with Gasteiger partial charge >= 0.3 is 0 Å². The lowest BCUT2D eigenvalue weighted by Crippen LogP contribution is -2.06. The van der Waals surface area contributed by atoms with Gasteiger partial charge in [0.1, 0.15) is 11.6 Å². The molecule has 1 unspecified atom stereocenters. The Morgan fingerprint density at radius 2 is 2.07 bits per heavy atom. The zero-order valence-electron chi connectivity index (χ0n) is 8.43. The summed E-state index contributed by atoms with van der Waals surface area (Å²) < 4.78 is 26.8. The van der Waals surface area contributed by atoms with Gasteiger partial charge in [0.25, 0.3) is 0 Å². The molecule has 0 aliphatic heterocycles. The van der Waals surface area contributed by atoms with E-state index in [0.29, 0.717) is 17.9 Å². The van der Waals surface area contributed by atoms with Gasteiger partial charge in [-0.2, -0.15) is 0 Å². The lowest BCUT2D eigenvalue weighted by molar-refractivity contribution is 0.157. The summed E-state index contributed by atoms with van der Waals surface area (Å²) >= 11 is 5.45. The van der Waals surface area contributed by atoms with Crippen molar-refractivity contribution < 1.29 is 13.9 Å². The molecule has 0 heterocycles. The molecule has 15 heavy (non-hydrogen) atoms. The Morgan fingerprint density at radius 3 is 2.67 bits per heavy atom. The Balaban J connectivity index is 2.96. The van der Waals surface area contributed by atoms with Crippen molar-refractivity contribution in [3.05, 3.63) is 34.9 Å². The normalized spacial score (nSPS) is 12.9. The fourth-order valence-electron chi connectivity index (χ4n) is 1.40. The van der Waals surface area contributed by atoms with Crippen LogP contribution in [0, 0.1) is 18.6 Å². The molecule has 4 heteroatoms. The van der Waals surface area contributed by atoms with Gasteiger partial charge in [-0.25, -0.2) is 8.78 Å². The molecular formula is C11H13ClF2O. The maximum absolute atomic E-state index is 13.5. The number of alkyl halides is 1. The summed E-state index contributed by atoms with van der Waals surface area (Å²) in [7, 11) is 0. The number of halogens is 3. The van der Waals surface area contributed by atoms with Crippen LogP contribution in [0.2, 0.25) is 0 Å². The molecule has 1 nitrogen and oxygen atoms in total. The number of rotatable bonds is 4. The zero-order valence-corrected chi connectivity index (χ0v) is 9.19. The molecule has 0 bridgehead atoms. The van der Waals surface area contributed by atoms with Crippen molar-refractivity contribution in [1.82, 2.24) is 0 Å². The Kier molecular flexibility index (Phi) is 4.48. The minimum absolute atomic E-state index is 0.250. The van der Waals surface area contributed by atoms with Gasteiger partial charge < -0.3 is 5.11 Å². The number of aliphatic hydroxyl groups excluding tert-OH is 1. The topological polar surface area (TPSA) is 20.2 Å². The van der Waals surface area contributed by atoms with Gasteiger partial charge in [-0.3, -0.25) is 0 Å². The number of aliphatic hydroxyl groups is 1. The molecule has 0 saturated heterocycles. The summed E-state index contributed by atoms with van der Waals surface area (Å²) in [6, 6.07) is 2.51. The third-order valence-corrected chi connectivity index (χ3v) is 2.53. The van der Waals surface area contributed by atoms with E-state index in [4.69, 9.17) is 11.6 Å². The Morgan fingerprint density at radius 1 is 1.40 bits per heavy atom. The van der Waals surface area contributed by atoms with Crippen molar-refractivity contribution in [2.24, 2.45) is 0 Å². The maximum Gasteiger partial charge on any atom is 0.134 e. The van der Waals surface area contributed by atoms with E-state index >= 15 is 0 Å². The van der Waals surface area contributed by atoms with E-state index in [9.17, 15) is 13.9 Å². The van der Waals surface area contributed by atoms with E-state index in [-0.39, 0.29) is 12.0 Å². The highest BCUT2D eigenvalue weighted by Gasteiger charge is 2.18. The van der Waals surface area contributed by atoms with Gasteiger partial charge in [-0.05, 0) is 31.4 Å². The first-order chi connectivity index (χ1) is 7.07. The number of hydrogen-bond acceptors (Lipinski definition) is 1. The van der Waals surface area contributed by atoms with Gasteiger partial charge in [-0.15, -0.1) is 11.6 Å². The molecule has 0 aliphatic carbocycles. The minimum Gasteiger partial charge on any atom is -0.388 e.